The second-order valence-corrected chi connectivity index (χ2v) is 4.73. The molecule has 0 aliphatic carbocycles. The molecule has 0 N–H and O–H groups in total. The van der Waals surface area contributed by atoms with Crippen LogP contribution in [-0.2, 0) is 4.74 Å². The van der Waals surface area contributed by atoms with Crippen LogP contribution in [0.4, 0.5) is 13.2 Å². The van der Waals surface area contributed by atoms with Gasteiger partial charge in [-0.15, -0.1) is 5.10 Å². The lowest BCUT2D eigenvalue weighted by Gasteiger charge is -2.06. The Bertz CT molecular complexity index is 747. The van der Waals surface area contributed by atoms with Gasteiger partial charge in [0.05, 0.1) is 0 Å². The number of hydrogen-bond acceptors (Lipinski definition) is 5. The molecular weight excluding hydrogens is 329 g/mol. The number of alkyl halides is 3. The first-order valence-corrected chi connectivity index (χ1v) is 6.90. The summed E-state index contributed by atoms with van der Waals surface area (Å²) in [6.45, 7) is 1.42. The highest BCUT2D eigenvalue weighted by atomic mass is 19.4. The molecule has 0 aliphatic rings. The Morgan fingerprint density at radius 3 is 2.58 bits per heavy atom. The summed E-state index contributed by atoms with van der Waals surface area (Å²) in [6.07, 6.45) is -3.94. The van der Waals surface area contributed by atoms with Crippen LogP contribution in [0.15, 0.2) is 45.6 Å². The monoisotopic (exact) mass is 344 g/mol. The van der Waals surface area contributed by atoms with Gasteiger partial charge in [0.15, 0.2) is 6.23 Å². The molecule has 1 heterocycles. The topological polar surface area (TPSA) is 66.5 Å². The zero-order chi connectivity index (χ0) is 17.7. The van der Waals surface area contributed by atoms with Crippen molar-refractivity contribution in [3.05, 3.63) is 47.0 Å². The van der Waals surface area contributed by atoms with Gasteiger partial charge in [0.2, 0.25) is 5.89 Å². The van der Waals surface area contributed by atoms with Crippen LogP contribution in [0.1, 0.15) is 13.2 Å². The van der Waals surface area contributed by atoms with Crippen molar-refractivity contribution in [2.24, 2.45) is 0 Å². The lowest BCUT2D eigenvalue weighted by Crippen LogP contribution is -2.20. The third kappa shape index (κ3) is 4.72. The summed E-state index contributed by atoms with van der Waals surface area (Å²) in [6, 6.07) is 6.23. The Labute approximate surface area is 135 Å². The molecule has 0 spiro atoms. The standard InChI is InChI=1S/C15H15F3N2O4/c1-10(22-2)20-14(21)24-13(19-20)11-4-6-12(7-5-11)23-9-3-8-15(16,17)18/h3-8,10H,9H2,1-2H3/b8-3+. The van der Waals surface area contributed by atoms with Crippen molar-refractivity contribution in [1.82, 2.24) is 9.78 Å². The van der Waals surface area contributed by atoms with E-state index in [1.165, 1.54) is 19.2 Å². The summed E-state index contributed by atoms with van der Waals surface area (Å²) in [5, 5.41) is 4.02. The van der Waals surface area contributed by atoms with Crippen molar-refractivity contribution in [2.75, 3.05) is 13.7 Å². The Kier molecular flexibility index (Phi) is 5.45. The molecule has 0 fully saturated rings. The van der Waals surface area contributed by atoms with Crippen molar-refractivity contribution in [3.63, 3.8) is 0 Å². The Balaban J connectivity index is 2.04. The van der Waals surface area contributed by atoms with Crippen LogP contribution in [-0.4, -0.2) is 29.7 Å². The lowest BCUT2D eigenvalue weighted by atomic mass is 10.2. The zero-order valence-electron chi connectivity index (χ0n) is 12.9. The Morgan fingerprint density at radius 1 is 1.33 bits per heavy atom. The fourth-order valence-corrected chi connectivity index (χ4v) is 1.75. The summed E-state index contributed by atoms with van der Waals surface area (Å²) in [5.74, 6) is -0.179. The number of halogens is 3. The first-order chi connectivity index (χ1) is 11.3. The number of rotatable bonds is 6. The molecule has 1 aromatic heterocycles. The normalized spacial score (nSPS) is 13.4. The molecule has 0 radical (unpaired) electrons. The molecular formula is C15H15F3N2O4. The minimum atomic E-state index is -4.36. The zero-order valence-corrected chi connectivity index (χ0v) is 12.9. The highest BCUT2D eigenvalue weighted by Crippen LogP contribution is 2.21. The van der Waals surface area contributed by atoms with E-state index in [-0.39, 0.29) is 18.6 Å². The van der Waals surface area contributed by atoms with E-state index in [1.54, 1.807) is 19.1 Å². The molecule has 24 heavy (non-hydrogen) atoms. The fraction of sp³-hybridized carbons (Fsp3) is 0.333. The van der Waals surface area contributed by atoms with Crippen molar-refractivity contribution >= 4 is 0 Å². The molecule has 2 aromatic rings. The van der Waals surface area contributed by atoms with Crippen molar-refractivity contribution in [1.29, 1.82) is 0 Å². The fourth-order valence-electron chi connectivity index (χ4n) is 1.75. The van der Waals surface area contributed by atoms with Crippen LogP contribution in [0.2, 0.25) is 0 Å². The number of allylic oxidation sites excluding steroid dienone is 1. The molecule has 0 bridgehead atoms. The van der Waals surface area contributed by atoms with E-state index in [9.17, 15) is 18.0 Å². The summed E-state index contributed by atoms with van der Waals surface area (Å²) >= 11 is 0. The minimum absolute atomic E-state index is 0.104. The molecule has 1 unspecified atom stereocenters. The van der Waals surface area contributed by atoms with Gasteiger partial charge in [-0.05, 0) is 37.3 Å². The van der Waals surface area contributed by atoms with Crippen LogP contribution in [0.5, 0.6) is 5.75 Å². The number of hydrogen-bond donors (Lipinski definition) is 0. The third-order valence-electron chi connectivity index (χ3n) is 3.01. The SMILES string of the molecule is COC(C)n1nc(-c2ccc(OC/C=C/C(F)(F)F)cc2)oc1=O. The number of aromatic nitrogens is 2. The smallest absolute Gasteiger partial charge is 0.439 e. The molecule has 6 nitrogen and oxygen atoms in total. The molecule has 1 atom stereocenters. The van der Waals surface area contributed by atoms with Crippen LogP contribution in [0.25, 0.3) is 11.5 Å². The molecule has 0 aliphatic heterocycles. The second-order valence-electron chi connectivity index (χ2n) is 4.73. The van der Waals surface area contributed by atoms with Gasteiger partial charge in [0, 0.05) is 18.7 Å². The van der Waals surface area contributed by atoms with Crippen molar-refractivity contribution < 1.29 is 27.1 Å². The average molecular weight is 344 g/mol. The predicted octanol–water partition coefficient (Wildman–Crippen LogP) is 3.17. The van der Waals surface area contributed by atoms with Gasteiger partial charge in [-0.3, -0.25) is 0 Å². The number of nitrogens with zero attached hydrogens (tertiary/aromatic N) is 2. The average Bonchev–Trinajstić information content (AvgIpc) is 2.92. The summed E-state index contributed by atoms with van der Waals surface area (Å²) in [7, 11) is 1.44. The largest absolute Gasteiger partial charge is 0.490 e. The van der Waals surface area contributed by atoms with E-state index >= 15 is 0 Å². The third-order valence-corrected chi connectivity index (χ3v) is 3.01. The summed E-state index contributed by atoms with van der Waals surface area (Å²) in [5.41, 5.74) is 0.521. The van der Waals surface area contributed by atoms with Crippen molar-refractivity contribution in [3.8, 4) is 17.2 Å². The van der Waals surface area contributed by atoms with Gasteiger partial charge < -0.3 is 13.9 Å². The van der Waals surface area contributed by atoms with Gasteiger partial charge in [-0.2, -0.15) is 17.9 Å². The molecule has 0 saturated carbocycles. The van der Waals surface area contributed by atoms with Gasteiger partial charge in [0.1, 0.15) is 12.4 Å². The maximum absolute atomic E-state index is 11.9. The second kappa shape index (κ2) is 7.35. The van der Waals surface area contributed by atoms with Crippen LogP contribution in [0.3, 0.4) is 0 Å². The van der Waals surface area contributed by atoms with E-state index in [1.807, 2.05) is 0 Å². The van der Waals surface area contributed by atoms with Gasteiger partial charge in [-0.1, -0.05) is 0 Å². The van der Waals surface area contributed by atoms with Gasteiger partial charge in [0.25, 0.3) is 0 Å². The summed E-state index contributed by atoms with van der Waals surface area (Å²) in [4.78, 5) is 11.7. The Morgan fingerprint density at radius 2 is 2.00 bits per heavy atom. The van der Waals surface area contributed by atoms with Crippen LogP contribution >= 0.6 is 0 Å². The maximum atomic E-state index is 11.9. The van der Waals surface area contributed by atoms with Crippen LogP contribution in [0, 0.1) is 0 Å². The van der Waals surface area contributed by atoms with Gasteiger partial charge in [-0.25, -0.2) is 4.79 Å². The molecule has 1 aromatic carbocycles. The number of benzene rings is 1. The van der Waals surface area contributed by atoms with Gasteiger partial charge >= 0.3 is 11.9 Å². The van der Waals surface area contributed by atoms with E-state index < -0.39 is 18.2 Å². The molecule has 130 valence electrons. The van der Waals surface area contributed by atoms with Crippen molar-refractivity contribution in [2.45, 2.75) is 19.3 Å². The van der Waals surface area contributed by atoms with E-state index in [0.717, 1.165) is 10.8 Å². The Hall–Kier alpha value is -2.55. The van der Waals surface area contributed by atoms with E-state index in [4.69, 9.17) is 13.9 Å². The summed E-state index contributed by atoms with van der Waals surface area (Å²) < 4.78 is 52.1. The highest BCUT2D eigenvalue weighted by Gasteiger charge is 2.21. The predicted molar refractivity (Wildman–Crippen MR) is 78.6 cm³/mol. The van der Waals surface area contributed by atoms with E-state index in [2.05, 4.69) is 5.10 Å². The number of ether oxygens (including phenoxy) is 2. The van der Waals surface area contributed by atoms with Crippen LogP contribution < -0.4 is 10.5 Å². The highest BCUT2D eigenvalue weighted by molar-refractivity contribution is 5.53. The quantitative estimate of drug-likeness (QED) is 0.753. The maximum Gasteiger partial charge on any atom is 0.439 e. The minimum Gasteiger partial charge on any atom is -0.490 e. The first-order valence-electron chi connectivity index (χ1n) is 6.90. The molecule has 2 rings (SSSR count). The molecule has 9 heteroatoms. The number of methoxy groups -OCH3 is 1. The lowest BCUT2D eigenvalue weighted by molar-refractivity contribution is -0.0801. The van der Waals surface area contributed by atoms with E-state index in [0.29, 0.717) is 11.3 Å². The molecule has 0 saturated heterocycles. The first kappa shape index (κ1) is 17.8. The molecule has 0 amide bonds.